The van der Waals surface area contributed by atoms with Crippen LogP contribution in [0.5, 0.6) is 0 Å². The van der Waals surface area contributed by atoms with Gasteiger partial charge in [0.15, 0.2) is 0 Å². The fourth-order valence-electron chi connectivity index (χ4n) is 4.83. The van der Waals surface area contributed by atoms with Crippen molar-refractivity contribution in [2.75, 3.05) is 26.2 Å². The molecule has 2 N–H and O–H groups in total. The van der Waals surface area contributed by atoms with Crippen LogP contribution in [0, 0.1) is 6.92 Å². The number of nitrogens with zero attached hydrogens (tertiary/aromatic N) is 3. The lowest BCUT2D eigenvalue weighted by Gasteiger charge is -2.31. The second-order valence-electron chi connectivity index (χ2n) is 8.48. The minimum absolute atomic E-state index is 0.0435. The first-order valence-electron chi connectivity index (χ1n) is 10.8. The maximum atomic E-state index is 13.0. The number of piperidine rings is 1. The Morgan fingerprint density at radius 2 is 1.77 bits per heavy atom. The number of aryl methyl sites for hydroxylation is 1. The summed E-state index contributed by atoms with van der Waals surface area (Å²) in [5.74, 6) is 0.355. The molecule has 2 aromatic heterocycles. The molecule has 30 heavy (non-hydrogen) atoms. The van der Waals surface area contributed by atoms with E-state index in [4.69, 9.17) is 0 Å². The fraction of sp³-hybridized carbons (Fsp3) is 0.435. The molecule has 3 aromatic rings. The van der Waals surface area contributed by atoms with E-state index < -0.39 is 0 Å². The molecule has 1 aromatic carbocycles. The lowest BCUT2D eigenvalue weighted by molar-refractivity contribution is 0.0702. The minimum atomic E-state index is 0.0435. The lowest BCUT2D eigenvalue weighted by atomic mass is 9.91. The second-order valence-corrected chi connectivity index (χ2v) is 8.48. The van der Waals surface area contributed by atoms with Crippen LogP contribution in [-0.2, 0) is 0 Å². The number of carbonyl (C=O) groups excluding carboxylic acids is 2. The molecule has 7 heteroatoms. The van der Waals surface area contributed by atoms with Crippen LogP contribution in [0.15, 0.2) is 30.5 Å². The molecule has 0 unspecified atom stereocenters. The third-order valence-electron chi connectivity index (χ3n) is 6.60. The topological polar surface area (TPSA) is 85.1 Å². The highest BCUT2D eigenvalue weighted by molar-refractivity contribution is 5.99. The van der Waals surface area contributed by atoms with E-state index in [0.717, 1.165) is 60.9 Å². The Morgan fingerprint density at radius 3 is 2.50 bits per heavy atom. The van der Waals surface area contributed by atoms with E-state index in [-0.39, 0.29) is 17.7 Å². The van der Waals surface area contributed by atoms with Crippen molar-refractivity contribution in [1.82, 2.24) is 25.0 Å². The van der Waals surface area contributed by atoms with Crippen molar-refractivity contribution in [3.8, 4) is 0 Å². The van der Waals surface area contributed by atoms with Gasteiger partial charge in [0.2, 0.25) is 0 Å². The van der Waals surface area contributed by atoms with Gasteiger partial charge in [-0.05, 0) is 50.3 Å². The Kier molecular flexibility index (Phi) is 4.81. The van der Waals surface area contributed by atoms with Crippen LogP contribution < -0.4 is 0 Å². The third kappa shape index (κ3) is 3.28. The lowest BCUT2D eigenvalue weighted by Crippen LogP contribution is -2.38. The number of rotatable bonds is 3. The fourth-order valence-corrected chi connectivity index (χ4v) is 4.83. The van der Waals surface area contributed by atoms with Crippen molar-refractivity contribution < 1.29 is 9.59 Å². The third-order valence-corrected chi connectivity index (χ3v) is 6.60. The monoisotopic (exact) mass is 405 g/mol. The number of carbonyl (C=O) groups is 2. The van der Waals surface area contributed by atoms with Gasteiger partial charge in [-0.25, -0.2) is 0 Å². The van der Waals surface area contributed by atoms with Gasteiger partial charge in [-0.15, -0.1) is 0 Å². The normalized spacial score (nSPS) is 17.8. The molecule has 7 nitrogen and oxygen atoms in total. The molecule has 2 aliphatic heterocycles. The Labute approximate surface area is 175 Å². The summed E-state index contributed by atoms with van der Waals surface area (Å²) in [4.78, 5) is 33.0. The molecule has 156 valence electrons. The van der Waals surface area contributed by atoms with Crippen LogP contribution in [0.2, 0.25) is 0 Å². The number of fused-ring (bicyclic) bond motifs is 1. The van der Waals surface area contributed by atoms with Crippen molar-refractivity contribution in [2.45, 2.75) is 38.5 Å². The standard InChI is InChI=1S/C23H27N5O2/c1-15-5-4-6-19-17(15)13-20(25-19)23(30)28-11-7-16(8-12-28)21-18(14-24-26-21)22(29)27-9-2-3-10-27/h4-6,13-14,16,25H,2-3,7-12H2,1H3,(H,24,26). The molecule has 2 amide bonds. The van der Waals surface area contributed by atoms with E-state index in [9.17, 15) is 9.59 Å². The molecule has 2 aliphatic rings. The molecule has 4 heterocycles. The van der Waals surface area contributed by atoms with Gasteiger partial charge in [-0.1, -0.05) is 12.1 Å². The van der Waals surface area contributed by atoms with E-state index >= 15 is 0 Å². The Hall–Kier alpha value is -3.09. The van der Waals surface area contributed by atoms with Crippen molar-refractivity contribution in [1.29, 1.82) is 0 Å². The first-order valence-corrected chi connectivity index (χ1v) is 10.8. The van der Waals surface area contributed by atoms with Crippen molar-refractivity contribution >= 4 is 22.7 Å². The predicted molar refractivity (Wildman–Crippen MR) is 115 cm³/mol. The van der Waals surface area contributed by atoms with Crippen molar-refractivity contribution in [3.63, 3.8) is 0 Å². The van der Waals surface area contributed by atoms with Gasteiger partial charge in [0.1, 0.15) is 5.69 Å². The van der Waals surface area contributed by atoms with Gasteiger partial charge < -0.3 is 14.8 Å². The van der Waals surface area contributed by atoms with Gasteiger partial charge in [0, 0.05) is 43.0 Å². The largest absolute Gasteiger partial charge is 0.351 e. The average molecular weight is 406 g/mol. The Balaban J connectivity index is 1.27. The van der Waals surface area contributed by atoms with Crippen molar-refractivity contribution in [2.24, 2.45) is 0 Å². The van der Waals surface area contributed by atoms with Gasteiger partial charge in [0.05, 0.1) is 17.5 Å². The summed E-state index contributed by atoms with van der Waals surface area (Å²) in [6.45, 7) is 5.07. The Morgan fingerprint density at radius 1 is 1.03 bits per heavy atom. The first-order chi connectivity index (χ1) is 14.6. The number of hydrogen-bond acceptors (Lipinski definition) is 3. The van der Waals surface area contributed by atoms with E-state index in [0.29, 0.717) is 24.3 Å². The van der Waals surface area contributed by atoms with Gasteiger partial charge in [-0.2, -0.15) is 5.10 Å². The number of aromatic amines is 2. The number of likely N-dealkylation sites (tertiary alicyclic amines) is 2. The zero-order chi connectivity index (χ0) is 20.7. The van der Waals surface area contributed by atoms with E-state index in [1.54, 1.807) is 6.20 Å². The number of benzene rings is 1. The predicted octanol–water partition coefficient (Wildman–Crippen LogP) is 3.46. The number of aromatic nitrogens is 3. The summed E-state index contributed by atoms with van der Waals surface area (Å²) >= 11 is 0. The highest BCUT2D eigenvalue weighted by Gasteiger charge is 2.30. The van der Waals surface area contributed by atoms with Crippen LogP contribution in [-0.4, -0.2) is 63.0 Å². The maximum Gasteiger partial charge on any atom is 0.270 e. The van der Waals surface area contributed by atoms with Gasteiger partial charge >= 0.3 is 0 Å². The molecule has 0 atom stereocenters. The molecule has 2 fully saturated rings. The molecule has 0 aliphatic carbocycles. The van der Waals surface area contributed by atoms with E-state index in [1.807, 2.05) is 28.0 Å². The highest BCUT2D eigenvalue weighted by atomic mass is 16.2. The first kappa shape index (κ1) is 18.9. The molecular weight excluding hydrogens is 378 g/mol. The number of H-pyrrole nitrogens is 2. The summed E-state index contributed by atoms with van der Waals surface area (Å²) < 4.78 is 0. The van der Waals surface area contributed by atoms with Crippen LogP contribution in [0.4, 0.5) is 0 Å². The highest BCUT2D eigenvalue weighted by Crippen LogP contribution is 2.31. The van der Waals surface area contributed by atoms with Gasteiger partial charge in [0.25, 0.3) is 11.8 Å². The van der Waals surface area contributed by atoms with Crippen LogP contribution in [0.1, 0.15) is 63.7 Å². The van der Waals surface area contributed by atoms with Crippen LogP contribution in [0.25, 0.3) is 10.9 Å². The van der Waals surface area contributed by atoms with Gasteiger partial charge in [-0.3, -0.25) is 14.7 Å². The molecule has 2 saturated heterocycles. The Bertz CT molecular complexity index is 1080. The summed E-state index contributed by atoms with van der Waals surface area (Å²) in [6, 6.07) is 8.02. The zero-order valence-corrected chi connectivity index (χ0v) is 17.3. The summed E-state index contributed by atoms with van der Waals surface area (Å²) in [6.07, 6.45) is 5.47. The molecule has 0 spiro atoms. The smallest absolute Gasteiger partial charge is 0.270 e. The molecule has 5 rings (SSSR count). The maximum absolute atomic E-state index is 13.0. The number of nitrogens with one attached hydrogen (secondary N) is 2. The molecular formula is C23H27N5O2. The summed E-state index contributed by atoms with van der Waals surface area (Å²) in [7, 11) is 0. The molecule has 0 radical (unpaired) electrons. The summed E-state index contributed by atoms with van der Waals surface area (Å²) in [5.41, 5.74) is 4.43. The summed E-state index contributed by atoms with van der Waals surface area (Å²) in [5, 5.41) is 8.33. The van der Waals surface area contributed by atoms with E-state index in [2.05, 4.69) is 28.2 Å². The van der Waals surface area contributed by atoms with Crippen LogP contribution >= 0.6 is 0 Å². The SMILES string of the molecule is Cc1cccc2[nH]c(C(=O)N3CCC(c4[nH]ncc4C(=O)N4CCCC4)CC3)cc12. The van der Waals surface area contributed by atoms with Crippen LogP contribution in [0.3, 0.4) is 0 Å². The van der Waals surface area contributed by atoms with E-state index in [1.165, 1.54) is 0 Å². The molecule has 0 saturated carbocycles. The minimum Gasteiger partial charge on any atom is -0.351 e. The zero-order valence-electron chi connectivity index (χ0n) is 17.3. The average Bonchev–Trinajstić information content (AvgIpc) is 3.53. The quantitative estimate of drug-likeness (QED) is 0.700. The van der Waals surface area contributed by atoms with Crippen molar-refractivity contribution in [3.05, 3.63) is 53.0 Å². The number of amides is 2. The number of hydrogen-bond donors (Lipinski definition) is 2. The second kappa shape index (κ2) is 7.63. The molecule has 0 bridgehead atoms.